The van der Waals surface area contributed by atoms with Gasteiger partial charge in [-0.15, -0.1) is 0 Å². The number of aryl methyl sites for hydroxylation is 1. The monoisotopic (exact) mass is 291 g/mol. The van der Waals surface area contributed by atoms with Crippen LogP contribution in [0.1, 0.15) is 29.3 Å². The fraction of sp³-hybridized carbons (Fsp3) is 0.350. The first-order chi connectivity index (χ1) is 10.6. The minimum Gasteiger partial charge on any atom is -0.335 e. The highest BCUT2D eigenvalue weighted by Gasteiger charge is 2.51. The molecule has 1 heterocycles. The van der Waals surface area contributed by atoms with Crippen LogP contribution in [0.25, 0.3) is 11.1 Å². The van der Waals surface area contributed by atoms with Crippen molar-refractivity contribution in [3.63, 3.8) is 0 Å². The van der Waals surface area contributed by atoms with E-state index in [2.05, 4.69) is 43.0 Å². The summed E-state index contributed by atoms with van der Waals surface area (Å²) in [7, 11) is 0. The molecule has 22 heavy (non-hydrogen) atoms. The molecule has 0 radical (unpaired) electrons. The van der Waals surface area contributed by atoms with E-state index in [-0.39, 0.29) is 5.91 Å². The maximum Gasteiger partial charge on any atom is 0.254 e. The Hall–Kier alpha value is -2.09. The predicted molar refractivity (Wildman–Crippen MR) is 88.7 cm³/mol. The number of likely N-dealkylation sites (tertiary alicyclic amines) is 1. The van der Waals surface area contributed by atoms with Crippen LogP contribution < -0.4 is 0 Å². The topological polar surface area (TPSA) is 20.3 Å². The van der Waals surface area contributed by atoms with Crippen LogP contribution in [-0.4, -0.2) is 23.4 Å². The van der Waals surface area contributed by atoms with Crippen LogP contribution in [-0.2, 0) is 0 Å². The van der Waals surface area contributed by atoms with Crippen molar-refractivity contribution in [2.75, 3.05) is 6.54 Å². The van der Waals surface area contributed by atoms with Gasteiger partial charge in [0.25, 0.3) is 5.91 Å². The van der Waals surface area contributed by atoms with Crippen molar-refractivity contribution in [2.45, 2.75) is 26.3 Å². The van der Waals surface area contributed by atoms with Crippen molar-refractivity contribution in [3.05, 3.63) is 59.7 Å². The minimum absolute atomic E-state index is 0.197. The summed E-state index contributed by atoms with van der Waals surface area (Å²) >= 11 is 0. The van der Waals surface area contributed by atoms with Gasteiger partial charge in [-0.1, -0.05) is 48.0 Å². The number of benzene rings is 2. The van der Waals surface area contributed by atoms with Crippen LogP contribution in [0, 0.1) is 18.8 Å². The summed E-state index contributed by atoms with van der Waals surface area (Å²) in [4.78, 5) is 15.2. The number of hydrogen-bond acceptors (Lipinski definition) is 1. The Morgan fingerprint density at radius 2 is 1.91 bits per heavy atom. The largest absolute Gasteiger partial charge is 0.335 e. The molecule has 0 bridgehead atoms. The van der Waals surface area contributed by atoms with Crippen molar-refractivity contribution < 1.29 is 4.79 Å². The molecule has 2 nitrogen and oxygen atoms in total. The highest BCUT2D eigenvalue weighted by Crippen LogP contribution is 2.49. The summed E-state index contributed by atoms with van der Waals surface area (Å²) < 4.78 is 0. The van der Waals surface area contributed by atoms with Crippen molar-refractivity contribution in [2.24, 2.45) is 11.8 Å². The van der Waals surface area contributed by atoms with E-state index < -0.39 is 0 Å². The number of piperidine rings is 1. The fourth-order valence-electron chi connectivity index (χ4n) is 3.85. The molecule has 3 atom stereocenters. The van der Waals surface area contributed by atoms with Gasteiger partial charge in [0.05, 0.1) is 0 Å². The zero-order valence-corrected chi connectivity index (χ0v) is 13.1. The maximum atomic E-state index is 13.1. The maximum absolute atomic E-state index is 13.1. The van der Waals surface area contributed by atoms with E-state index in [9.17, 15) is 4.79 Å². The van der Waals surface area contributed by atoms with E-state index >= 15 is 0 Å². The van der Waals surface area contributed by atoms with E-state index in [1.807, 2.05) is 24.3 Å². The van der Waals surface area contributed by atoms with Gasteiger partial charge in [-0.2, -0.15) is 0 Å². The van der Waals surface area contributed by atoms with E-state index in [0.717, 1.165) is 40.6 Å². The predicted octanol–water partition coefficient (Wildman–Crippen LogP) is 4.14. The van der Waals surface area contributed by atoms with Gasteiger partial charge in [0.15, 0.2) is 0 Å². The van der Waals surface area contributed by atoms with Crippen LogP contribution in [0.15, 0.2) is 48.5 Å². The van der Waals surface area contributed by atoms with E-state index in [4.69, 9.17) is 0 Å². The van der Waals surface area contributed by atoms with Crippen molar-refractivity contribution in [1.82, 2.24) is 4.90 Å². The first-order valence-electron chi connectivity index (χ1n) is 8.12. The Bertz CT molecular complexity index is 722. The molecule has 2 heteroatoms. The second-order valence-electron chi connectivity index (χ2n) is 6.77. The van der Waals surface area contributed by atoms with Crippen molar-refractivity contribution >= 4 is 5.91 Å². The van der Waals surface area contributed by atoms with Gasteiger partial charge in [-0.05, 0) is 49.3 Å². The molecule has 1 saturated heterocycles. The smallest absolute Gasteiger partial charge is 0.254 e. The van der Waals surface area contributed by atoms with E-state index in [1.165, 1.54) is 6.42 Å². The number of hydrogen-bond donors (Lipinski definition) is 0. The lowest BCUT2D eigenvalue weighted by Gasteiger charge is -2.26. The standard InChI is InChI=1S/C20H21NO/c1-13-8-9-17(15-6-4-3-5-7-15)19(10-13)20(22)21-12-16-11-18(16)14(21)2/h3-10,14,16,18H,11-12H2,1-2H3/t14-,16+,18-/m0/s1. The lowest BCUT2D eigenvalue weighted by atomic mass is 9.96. The molecule has 0 spiro atoms. The van der Waals surface area contributed by atoms with Crippen LogP contribution >= 0.6 is 0 Å². The average molecular weight is 291 g/mol. The molecule has 2 fully saturated rings. The Balaban J connectivity index is 1.74. The quantitative estimate of drug-likeness (QED) is 0.814. The number of carbonyl (C=O) groups is 1. The first-order valence-corrected chi connectivity index (χ1v) is 8.12. The molecule has 0 unspecified atom stereocenters. The highest BCUT2D eigenvalue weighted by molar-refractivity contribution is 6.01. The summed E-state index contributed by atoms with van der Waals surface area (Å²) in [5.74, 6) is 1.69. The van der Waals surface area contributed by atoms with Crippen molar-refractivity contribution in [1.29, 1.82) is 0 Å². The second-order valence-corrected chi connectivity index (χ2v) is 6.77. The summed E-state index contributed by atoms with van der Waals surface area (Å²) in [5.41, 5.74) is 4.14. The molecule has 2 aliphatic rings. The van der Waals surface area contributed by atoms with Gasteiger partial charge in [0.2, 0.25) is 0 Å². The normalized spacial score (nSPS) is 25.9. The van der Waals surface area contributed by atoms with Crippen molar-refractivity contribution in [3.8, 4) is 11.1 Å². The first kappa shape index (κ1) is 13.6. The zero-order chi connectivity index (χ0) is 15.3. The Labute approximate surface area is 131 Å². The summed E-state index contributed by atoms with van der Waals surface area (Å²) in [5, 5.41) is 0. The summed E-state index contributed by atoms with van der Waals surface area (Å²) in [6.07, 6.45) is 1.31. The minimum atomic E-state index is 0.197. The number of amides is 1. The zero-order valence-electron chi connectivity index (χ0n) is 13.1. The fourth-order valence-corrected chi connectivity index (χ4v) is 3.85. The molecule has 2 aromatic rings. The number of carbonyl (C=O) groups excluding carboxylic acids is 1. The number of fused-ring (bicyclic) bond motifs is 1. The molecular weight excluding hydrogens is 270 g/mol. The Morgan fingerprint density at radius 1 is 1.14 bits per heavy atom. The Kier molecular flexibility index (Phi) is 3.07. The summed E-state index contributed by atoms with van der Waals surface area (Å²) in [6, 6.07) is 16.8. The van der Waals surface area contributed by atoms with Gasteiger partial charge < -0.3 is 4.90 Å². The van der Waals surface area contributed by atoms with Crippen LogP contribution in [0.5, 0.6) is 0 Å². The molecule has 1 amide bonds. The highest BCUT2D eigenvalue weighted by atomic mass is 16.2. The molecule has 1 aliphatic carbocycles. The molecule has 4 rings (SSSR count). The van der Waals surface area contributed by atoms with Gasteiger partial charge in [0.1, 0.15) is 0 Å². The van der Waals surface area contributed by atoms with E-state index in [0.29, 0.717) is 6.04 Å². The van der Waals surface area contributed by atoms with Gasteiger partial charge in [0, 0.05) is 18.2 Å². The second kappa shape index (κ2) is 4.98. The molecule has 112 valence electrons. The number of nitrogens with zero attached hydrogens (tertiary/aromatic N) is 1. The Morgan fingerprint density at radius 3 is 2.59 bits per heavy atom. The third kappa shape index (κ3) is 2.14. The molecule has 2 aromatic carbocycles. The molecular formula is C20H21NO. The van der Waals surface area contributed by atoms with Gasteiger partial charge in [-0.25, -0.2) is 0 Å². The lowest BCUT2D eigenvalue weighted by Crippen LogP contribution is -2.36. The van der Waals surface area contributed by atoms with Crippen LogP contribution in [0.2, 0.25) is 0 Å². The van der Waals surface area contributed by atoms with Gasteiger partial charge >= 0.3 is 0 Å². The van der Waals surface area contributed by atoms with E-state index in [1.54, 1.807) is 0 Å². The molecule has 1 saturated carbocycles. The lowest BCUT2D eigenvalue weighted by molar-refractivity contribution is 0.0721. The van der Waals surface area contributed by atoms with Gasteiger partial charge in [-0.3, -0.25) is 4.79 Å². The van der Waals surface area contributed by atoms with Crippen LogP contribution in [0.4, 0.5) is 0 Å². The summed E-state index contributed by atoms with van der Waals surface area (Å²) in [6.45, 7) is 5.19. The third-order valence-corrected chi connectivity index (χ3v) is 5.27. The number of rotatable bonds is 2. The molecule has 0 N–H and O–H groups in total. The molecule has 1 aliphatic heterocycles. The average Bonchev–Trinajstić information content (AvgIpc) is 3.25. The van der Waals surface area contributed by atoms with Crippen LogP contribution in [0.3, 0.4) is 0 Å². The third-order valence-electron chi connectivity index (χ3n) is 5.27. The SMILES string of the molecule is Cc1ccc(-c2ccccc2)c(C(=O)N2C[C@H]3C[C@H]3[C@@H]2C)c1. The molecule has 0 aromatic heterocycles.